The number of pyridine rings is 5. The van der Waals surface area contributed by atoms with Crippen molar-refractivity contribution in [3.05, 3.63) is 382 Å². The van der Waals surface area contributed by atoms with E-state index >= 15 is 0 Å². The number of hydrogen-bond acceptors (Lipinski definition) is 0. The fourth-order valence-electron chi connectivity index (χ4n) is 18.5. The average molecular weight is 1580 g/mol. The van der Waals surface area contributed by atoms with Crippen molar-refractivity contribution in [1.82, 2.24) is 22.8 Å². The Balaban J connectivity index is 0.000000116. The van der Waals surface area contributed by atoms with Crippen molar-refractivity contribution in [3.63, 3.8) is 0 Å². The van der Waals surface area contributed by atoms with Gasteiger partial charge in [-0.05, 0) is 173 Å². The summed E-state index contributed by atoms with van der Waals surface area (Å²) >= 11 is 0. The van der Waals surface area contributed by atoms with Gasteiger partial charge in [-0.3, -0.25) is 0 Å². The summed E-state index contributed by atoms with van der Waals surface area (Å²) in [6.07, 6.45) is 16.0. The van der Waals surface area contributed by atoms with Gasteiger partial charge in [-0.15, -0.1) is 0 Å². The van der Waals surface area contributed by atoms with E-state index in [1.165, 1.54) is 78.3 Å². The third kappa shape index (κ3) is 13.8. The van der Waals surface area contributed by atoms with E-state index < -0.39 is 69.6 Å². The Labute approximate surface area is 732 Å². The summed E-state index contributed by atoms with van der Waals surface area (Å²) in [4.78, 5) is 0. The predicted octanol–water partition coefficient (Wildman–Crippen LogP) is 23.9. The van der Waals surface area contributed by atoms with Crippen LogP contribution < -0.4 is 22.8 Å². The van der Waals surface area contributed by atoms with E-state index in [9.17, 15) is 0 Å². The van der Waals surface area contributed by atoms with Crippen LogP contribution in [0.5, 0.6) is 0 Å². The Hall–Kier alpha value is -12.8. The molecule has 0 aliphatic carbocycles. The second kappa shape index (κ2) is 31.9. The molecule has 17 aromatic rings. The predicted molar refractivity (Wildman–Crippen MR) is 486 cm³/mol. The Morgan fingerprint density at radius 3 is 1.09 bits per heavy atom. The first-order valence-electron chi connectivity index (χ1n) is 51.2. The second-order valence-electron chi connectivity index (χ2n) is 32.0. The van der Waals surface area contributed by atoms with Crippen molar-refractivity contribution >= 4 is 21.8 Å². The fraction of sp³-hybridized carbons (Fsp3) is 0.239. The minimum absolute atomic E-state index is 0.158. The zero-order valence-corrected chi connectivity index (χ0v) is 68.9. The summed E-state index contributed by atoms with van der Waals surface area (Å²) in [5.41, 5.74) is 27.5. The Morgan fingerprint density at radius 2 is 0.630 bits per heavy atom. The molecule has 10 nitrogen and oxygen atoms in total. The lowest BCUT2D eigenvalue weighted by atomic mass is 9.92. The van der Waals surface area contributed by atoms with Crippen LogP contribution in [-0.2, 0) is 32.7 Å². The highest BCUT2D eigenvalue weighted by Crippen LogP contribution is 2.45. The molecule has 5 aliphatic rings. The van der Waals surface area contributed by atoms with Gasteiger partial charge in [-0.25, -0.2) is 0 Å². The Kier molecular flexibility index (Phi) is 15.2. The van der Waals surface area contributed by atoms with Crippen LogP contribution in [0.1, 0.15) is 225 Å². The molecule has 0 amide bonds. The topological polar surface area (TPSA) is 44.0 Å². The maximum atomic E-state index is 8.97. The lowest BCUT2D eigenvalue weighted by Gasteiger charge is -2.22. The van der Waals surface area contributed by atoms with E-state index in [4.69, 9.17) is 28.8 Å². The van der Waals surface area contributed by atoms with Crippen molar-refractivity contribution < 1.29 is 51.6 Å². The Bertz CT molecular complexity index is 7670. The molecule has 0 saturated carbocycles. The van der Waals surface area contributed by atoms with Gasteiger partial charge in [-0.1, -0.05) is 210 Å². The molecule has 4 unspecified atom stereocenters. The number of aromatic nitrogens is 10. The van der Waals surface area contributed by atoms with Gasteiger partial charge >= 0.3 is 0 Å². The van der Waals surface area contributed by atoms with Crippen molar-refractivity contribution in [2.45, 2.75) is 172 Å². The van der Waals surface area contributed by atoms with Gasteiger partial charge in [0.25, 0.3) is 0 Å². The van der Waals surface area contributed by atoms with Gasteiger partial charge in [0.2, 0.25) is 28.5 Å². The molecule has 119 heavy (non-hydrogen) atoms. The van der Waals surface area contributed by atoms with Crippen LogP contribution >= 0.6 is 0 Å². The summed E-state index contributed by atoms with van der Waals surface area (Å²) in [5.74, 6) is -9.25. The number of nitrogens with zero attached hydrogens (tertiary/aromatic N) is 10. The minimum Gasteiger partial charge on any atom is -0.311 e. The van der Waals surface area contributed by atoms with Crippen LogP contribution in [0.25, 0.3) is 107 Å². The lowest BCUT2D eigenvalue weighted by Crippen LogP contribution is -2.31. The molecule has 5 aliphatic heterocycles. The maximum Gasteiger partial charge on any atom is 0.230 e. The van der Waals surface area contributed by atoms with E-state index in [1.54, 1.807) is 67.1 Å². The summed E-state index contributed by atoms with van der Waals surface area (Å²) in [6, 6.07) is 82.7. The molecule has 0 spiro atoms. The van der Waals surface area contributed by atoms with E-state index in [0.717, 1.165) is 122 Å². The number of para-hydroxylation sites is 6. The zero-order chi connectivity index (χ0) is 100. The number of fused-ring (bicyclic) bond motifs is 19. The molecule has 592 valence electrons. The van der Waals surface area contributed by atoms with Gasteiger partial charge in [0, 0.05) is 147 Å². The number of hydrogen-bond donors (Lipinski definition) is 0. The summed E-state index contributed by atoms with van der Waals surface area (Å²) in [6.45, 7) is 8.45. The number of rotatable bonds is 11. The SMILES string of the molecule is [2H]C(C)(C)c1cccc(C([2H])(C)C([2H])([2H])[2H])c1-n1c2c(c3ccccc31)C[n+]1ccccc1-2.[2H]C(C)(C)c1ccccc1-n1c2c(c3ccccc31)C[n+]1ccccc1-2.[2H]C([2H])([2H])C([2H])(C)c1cccc(C([2H])(C)C([2H])([2H])[2H])c1-n1ccc2c1-c1cccc[n+]1C2.[2H]C([2H])([2H])C([2H])(C)c1ccccc1-n1ccc2c1-c1cccc[n+]1C2.[2H]C([2H])([2H])c1cc(C)cc(C)c1-n1ccc2c1-c1cccc[n+]1C2. The molecule has 0 bridgehead atoms. The van der Waals surface area contributed by atoms with Crippen molar-refractivity contribution in [1.29, 1.82) is 0 Å². The number of aryl methyl sites for hydroxylation is 3. The van der Waals surface area contributed by atoms with Crippen LogP contribution in [0.4, 0.5) is 0 Å². The van der Waals surface area contributed by atoms with Gasteiger partial charge in [0.05, 0.1) is 39.2 Å². The third-order valence-electron chi connectivity index (χ3n) is 23.7. The lowest BCUT2D eigenvalue weighted by molar-refractivity contribution is -0.672. The fourth-order valence-corrected chi connectivity index (χ4v) is 18.5. The molecular weight excluding hydrogens is 1450 g/mol. The highest BCUT2D eigenvalue weighted by atomic mass is 15.1. The smallest absolute Gasteiger partial charge is 0.230 e. The van der Waals surface area contributed by atoms with Gasteiger partial charge in [0.15, 0.2) is 63.7 Å². The van der Waals surface area contributed by atoms with E-state index in [1.807, 2.05) is 177 Å². The number of benzene rings is 7. The quantitative estimate of drug-likeness (QED) is 0.116. The second-order valence-corrected chi connectivity index (χ2v) is 32.0. The average Bonchev–Trinajstić information content (AvgIpc) is 1.59. The first kappa shape index (κ1) is 56.5. The van der Waals surface area contributed by atoms with Crippen LogP contribution in [0.15, 0.2) is 304 Å². The first-order chi connectivity index (χ1) is 65.8. The zero-order valence-electron chi connectivity index (χ0n) is 89.9. The first-order valence-corrected chi connectivity index (χ1v) is 40.7. The molecule has 10 aromatic heterocycles. The molecule has 0 N–H and O–H groups in total. The Morgan fingerprint density at radius 1 is 0.294 bits per heavy atom. The van der Waals surface area contributed by atoms with Crippen LogP contribution in [-0.4, -0.2) is 22.8 Å². The third-order valence-corrected chi connectivity index (χ3v) is 23.7. The molecule has 0 saturated heterocycles. The van der Waals surface area contributed by atoms with Crippen LogP contribution in [0.2, 0.25) is 0 Å². The van der Waals surface area contributed by atoms with Crippen molar-refractivity contribution in [3.8, 4) is 85.4 Å². The van der Waals surface area contributed by atoms with Crippen LogP contribution in [0.3, 0.4) is 0 Å². The molecule has 0 fully saturated rings. The van der Waals surface area contributed by atoms with Gasteiger partial charge < -0.3 is 22.8 Å². The normalized spacial score (nSPS) is 17.9. The van der Waals surface area contributed by atoms with E-state index in [-0.39, 0.29) is 16.8 Å². The largest absolute Gasteiger partial charge is 0.311 e. The molecule has 7 aromatic carbocycles. The summed E-state index contributed by atoms with van der Waals surface area (Å²) in [5, 5.41) is 2.39. The van der Waals surface area contributed by atoms with Crippen molar-refractivity contribution in [2.24, 2.45) is 0 Å². The standard InChI is InChI=1S/C26H27N2.C23H21N2.C22H25N2.2C19H19N2/c1-17(2)19-11-9-12-20(18(3)4)25(19)28-23-13-6-5-10-21(23)22-16-27-15-8-7-14-24(27)26(22)28;1-16(2)17-9-3-5-11-20(17)25-21-12-6-4-10-18(21)19-15-24-14-8-7-13-22(24)23(19)25;1-15(2)18-8-7-9-19(16(3)4)22(18)24-13-11-17-14-23-12-6-5-10-20(23)21(17)24;1-13-10-14(2)18(15(3)11-13)21-9-7-16-12-20-8-5-4-6-17(20)19(16)21;1-14(2)16-7-3-4-8-17(16)21-12-10-15-13-20-11-6-5-9-18(20)19(15)21/h5-15,17-18H,16H2,1-4H3;3-14,16H,15H2,1-2H3;5-13,15-16H,14H2,1-4H3;4-11H,12H2,1-3H3;3-12,14H,13H2,1-2H3/q5*+1/i1D3,17D,18D;16D;1D3,3D3,15D,16D;2D3;1D3,14D. The molecule has 0 radical (unpaired) electrons. The summed E-state index contributed by atoms with van der Waals surface area (Å²) < 4.78 is 193. The van der Waals surface area contributed by atoms with E-state index in [2.05, 4.69) is 141 Å². The monoisotopic (exact) mass is 1580 g/mol. The molecular formula is C109H111N10+5. The molecule has 10 heteroatoms. The molecule has 22 rings (SSSR count). The van der Waals surface area contributed by atoms with Crippen LogP contribution in [0, 0.1) is 20.7 Å². The highest BCUT2D eigenvalue weighted by Gasteiger charge is 2.39. The molecule has 15 heterocycles. The minimum atomic E-state index is -2.66. The van der Waals surface area contributed by atoms with Crippen molar-refractivity contribution in [2.75, 3.05) is 0 Å². The maximum absolute atomic E-state index is 8.97. The summed E-state index contributed by atoms with van der Waals surface area (Å²) in [7, 11) is 0. The molecule has 4 atom stereocenters. The van der Waals surface area contributed by atoms with Gasteiger partial charge in [-0.2, -0.15) is 22.8 Å². The van der Waals surface area contributed by atoms with Gasteiger partial charge in [0.1, 0.15) is 28.5 Å². The highest BCUT2D eigenvalue weighted by molar-refractivity contribution is 5.95. The van der Waals surface area contributed by atoms with E-state index in [0.29, 0.717) is 34.5 Å².